The molecule has 24 nitrogen and oxygen atoms in total. The van der Waals surface area contributed by atoms with Crippen LogP contribution in [-0.2, 0) is 54.8 Å². The zero-order chi connectivity index (χ0) is 43.7. The van der Waals surface area contributed by atoms with Gasteiger partial charge in [0.2, 0.25) is 11.9 Å². The smallest absolute Gasteiger partial charge is 0.397 e. The predicted molar refractivity (Wildman–Crippen MR) is 195 cm³/mol. The van der Waals surface area contributed by atoms with E-state index in [-0.39, 0.29) is 11.4 Å². The number of anilines is 5. The van der Waals surface area contributed by atoms with Gasteiger partial charge in [0.25, 0.3) is 0 Å². The molecule has 0 unspecified atom stereocenters. The molecular weight excluding hydrogens is 896 g/mol. The van der Waals surface area contributed by atoms with Crippen LogP contribution in [0.1, 0.15) is 0 Å². The van der Waals surface area contributed by atoms with Gasteiger partial charge < -0.3 is 34.7 Å². The Kier molecular flexibility index (Phi) is 12.5. The summed E-state index contributed by atoms with van der Waals surface area (Å²) in [5, 5.41) is 21.3. The highest BCUT2D eigenvalue weighted by molar-refractivity contribution is 7.91. The van der Waals surface area contributed by atoms with E-state index < -0.39 is 141 Å². The minimum atomic E-state index is -5.50. The van der Waals surface area contributed by atoms with Crippen LogP contribution in [0.2, 0.25) is 0 Å². The van der Waals surface area contributed by atoms with E-state index in [0.29, 0.717) is 24.3 Å². The van der Waals surface area contributed by atoms with Crippen molar-refractivity contribution in [3.8, 4) is 5.75 Å². The first-order chi connectivity index (χ1) is 27.2. The third-order valence-corrected chi connectivity index (χ3v) is 12.2. The van der Waals surface area contributed by atoms with Crippen LogP contribution in [-0.4, -0.2) is 99.9 Å². The molecule has 0 spiro atoms. The number of para-hydroxylation sites is 1. The van der Waals surface area contributed by atoms with Crippen LogP contribution in [0.4, 0.5) is 44.7 Å². The van der Waals surface area contributed by atoms with Gasteiger partial charge >= 0.3 is 16.5 Å². The number of halogens is 1. The first kappa shape index (κ1) is 44.5. The SMILES string of the molecule is Nc1c(S(=O)(=O)[O-])cc2cc(S(=O)(=O)[O-])cc([O-])c2c1N=Nc1ccc(Nc2nc(F)nc(N(CCS(=O)(=O)CCOS(=O)(=O)O)c3ccccc3)n2)cc1S(=O)(=O)[O-]. The lowest BCUT2D eigenvalue weighted by molar-refractivity contribution is -0.266. The highest BCUT2D eigenvalue weighted by Gasteiger charge is 2.22. The van der Waals surface area contributed by atoms with E-state index >= 15 is 0 Å². The summed E-state index contributed by atoms with van der Waals surface area (Å²) in [4.78, 5) is 8.80. The molecule has 4 aromatic carbocycles. The lowest BCUT2D eigenvalue weighted by atomic mass is 10.1. The summed E-state index contributed by atoms with van der Waals surface area (Å²) in [6, 6.07) is 11.6. The third-order valence-electron chi connectivity index (χ3n) is 7.61. The maximum absolute atomic E-state index is 14.9. The molecule has 0 bridgehead atoms. The van der Waals surface area contributed by atoms with Crippen LogP contribution < -0.4 is 21.1 Å². The van der Waals surface area contributed by atoms with Crippen LogP contribution in [0.3, 0.4) is 0 Å². The Hall–Kier alpha value is -5.57. The van der Waals surface area contributed by atoms with Gasteiger partial charge in [-0.1, -0.05) is 30.0 Å². The fourth-order valence-corrected chi connectivity index (χ4v) is 8.28. The number of rotatable bonds is 16. The molecule has 0 saturated carbocycles. The fraction of sp³-hybridized carbons (Fsp3) is 0.138. The van der Waals surface area contributed by atoms with Gasteiger partial charge in [-0.25, -0.2) is 37.9 Å². The number of sulfone groups is 1. The molecular formula is C29H23FN8O16S5-4. The summed E-state index contributed by atoms with van der Waals surface area (Å²) in [6.07, 6.45) is -1.44. The highest BCUT2D eigenvalue weighted by atomic mass is 32.3. The summed E-state index contributed by atoms with van der Waals surface area (Å²) in [5.41, 5.74) is 3.08. The van der Waals surface area contributed by atoms with E-state index in [0.717, 1.165) is 17.0 Å². The second kappa shape index (κ2) is 16.6. The standard InChI is InChI=1S/C29H27FN8O16S5/c30-27-33-28(35-29(34-27)38(18-4-2-1-3-5-18)8-10-55(40,41)11-9-54-59(51,52)53)32-17-6-7-20(22(14-17)57(45,46)47)36-37-26-24-16(13-23(25(26)31)58(48,49)50)12-19(15-21(24)39)56(42,43)44/h1-7,12-15,39H,8-11,31H2,(H,42,43,44)(H,45,46,47)(H,48,49,50)(H,51,52,53)(H,32,33,34,35)/p-4. The molecule has 30 heteroatoms. The molecule has 1 heterocycles. The van der Waals surface area contributed by atoms with Gasteiger partial charge in [-0.05, 0) is 47.9 Å². The monoisotopic (exact) mass is 918 g/mol. The zero-order valence-electron chi connectivity index (χ0n) is 28.9. The van der Waals surface area contributed by atoms with E-state index in [1.54, 1.807) is 6.07 Å². The predicted octanol–water partition coefficient (Wildman–Crippen LogP) is 1.06. The normalized spacial score (nSPS) is 12.9. The van der Waals surface area contributed by atoms with E-state index in [1.165, 1.54) is 24.3 Å². The third kappa shape index (κ3) is 11.3. The molecule has 316 valence electrons. The molecule has 0 atom stereocenters. The largest absolute Gasteiger partial charge is 0.872 e. The molecule has 59 heavy (non-hydrogen) atoms. The molecule has 4 N–H and O–H groups in total. The minimum absolute atomic E-state index is 0.231. The van der Waals surface area contributed by atoms with Gasteiger partial charge in [0.15, 0.2) is 9.84 Å². The number of hydrogen-bond acceptors (Lipinski definition) is 23. The topological polar surface area (TPSA) is 397 Å². The minimum Gasteiger partial charge on any atom is -0.872 e. The lowest BCUT2D eigenvalue weighted by Crippen LogP contribution is -2.29. The molecule has 0 saturated heterocycles. The Morgan fingerprint density at radius 1 is 0.797 bits per heavy atom. The maximum Gasteiger partial charge on any atom is 0.397 e. The Labute approximate surface area is 333 Å². The first-order valence-electron chi connectivity index (χ1n) is 15.6. The van der Waals surface area contributed by atoms with E-state index in [9.17, 15) is 65.2 Å². The number of nitrogen functional groups attached to an aromatic ring is 1. The van der Waals surface area contributed by atoms with E-state index in [2.05, 4.69) is 34.7 Å². The van der Waals surface area contributed by atoms with Crippen molar-refractivity contribution in [3.05, 3.63) is 72.8 Å². The second-order valence-corrected chi connectivity index (χ2v) is 19.1. The van der Waals surface area contributed by atoms with Gasteiger partial charge in [0.1, 0.15) is 41.7 Å². The van der Waals surface area contributed by atoms with Crippen molar-refractivity contribution in [2.24, 2.45) is 10.2 Å². The van der Waals surface area contributed by atoms with Gasteiger partial charge in [-0.3, -0.25) is 4.55 Å². The maximum atomic E-state index is 14.9. The van der Waals surface area contributed by atoms with E-state index in [4.69, 9.17) is 10.3 Å². The van der Waals surface area contributed by atoms with Gasteiger partial charge in [-0.2, -0.15) is 27.8 Å². The van der Waals surface area contributed by atoms with Crippen LogP contribution in [0.5, 0.6) is 5.75 Å². The Morgan fingerprint density at radius 3 is 2.07 bits per heavy atom. The number of azo groups is 1. The van der Waals surface area contributed by atoms with Crippen molar-refractivity contribution in [3.63, 3.8) is 0 Å². The van der Waals surface area contributed by atoms with Crippen molar-refractivity contribution in [2.75, 3.05) is 40.6 Å². The quantitative estimate of drug-likeness (QED) is 0.0707. The number of aromatic nitrogens is 3. The number of hydrogen-bond donors (Lipinski definition) is 3. The van der Waals surface area contributed by atoms with Crippen LogP contribution >= 0.6 is 0 Å². The van der Waals surface area contributed by atoms with Crippen molar-refractivity contribution >= 4 is 102 Å². The average Bonchev–Trinajstić information content (AvgIpc) is 3.10. The summed E-state index contributed by atoms with van der Waals surface area (Å²) in [5.74, 6) is -3.93. The highest BCUT2D eigenvalue weighted by Crippen LogP contribution is 2.43. The van der Waals surface area contributed by atoms with Crippen molar-refractivity contribution < 1.29 is 74.0 Å². The summed E-state index contributed by atoms with van der Waals surface area (Å²) < 4.78 is 182. The first-order valence-corrected chi connectivity index (χ1v) is 23.0. The summed E-state index contributed by atoms with van der Waals surface area (Å²) >= 11 is 0. The number of benzene rings is 4. The zero-order valence-corrected chi connectivity index (χ0v) is 33.0. The number of fused-ring (bicyclic) bond motifs is 1. The molecule has 0 aliphatic heterocycles. The number of nitrogens with one attached hydrogen (secondary N) is 1. The molecule has 0 radical (unpaired) electrons. The molecule has 5 rings (SSSR count). The fourth-order valence-electron chi connectivity index (χ4n) is 5.08. The molecule has 0 fully saturated rings. The van der Waals surface area contributed by atoms with E-state index in [1.807, 2.05) is 0 Å². The summed E-state index contributed by atoms with van der Waals surface area (Å²) in [7, 11) is -25.3. The number of nitrogens with two attached hydrogens (primary N) is 1. The van der Waals surface area contributed by atoms with Gasteiger partial charge in [0, 0.05) is 23.3 Å². The van der Waals surface area contributed by atoms with Gasteiger partial charge in [-0.15, -0.1) is 10.2 Å². The second-order valence-electron chi connectivity index (χ2n) is 11.6. The van der Waals surface area contributed by atoms with Crippen molar-refractivity contribution in [2.45, 2.75) is 14.7 Å². The van der Waals surface area contributed by atoms with Gasteiger partial charge in [0.05, 0.1) is 38.5 Å². The van der Waals surface area contributed by atoms with Crippen LogP contribution in [0, 0.1) is 6.08 Å². The molecule has 0 aliphatic carbocycles. The molecule has 5 aromatic rings. The lowest BCUT2D eigenvalue weighted by Gasteiger charge is -2.23. The summed E-state index contributed by atoms with van der Waals surface area (Å²) in [6.45, 7) is -1.37. The van der Waals surface area contributed by atoms with Crippen molar-refractivity contribution in [1.82, 2.24) is 15.0 Å². The Morgan fingerprint density at radius 2 is 1.46 bits per heavy atom. The Balaban J connectivity index is 1.52. The van der Waals surface area contributed by atoms with Crippen LogP contribution in [0.25, 0.3) is 10.8 Å². The Bertz CT molecular complexity index is 3070. The number of nitrogens with zero attached hydrogens (tertiary/aromatic N) is 6. The molecule has 1 aromatic heterocycles. The van der Waals surface area contributed by atoms with Crippen LogP contribution in [0.15, 0.2) is 91.6 Å². The van der Waals surface area contributed by atoms with Crippen molar-refractivity contribution in [1.29, 1.82) is 0 Å². The molecule has 0 aliphatic rings. The average molecular weight is 919 g/mol. The molecule has 0 amide bonds.